The lowest BCUT2D eigenvalue weighted by Gasteiger charge is -2.33. The van der Waals surface area contributed by atoms with Crippen molar-refractivity contribution in [2.24, 2.45) is 0 Å². The van der Waals surface area contributed by atoms with Gasteiger partial charge >= 0.3 is 0 Å². The summed E-state index contributed by atoms with van der Waals surface area (Å²) in [4.78, 5) is 16.6. The fourth-order valence-corrected chi connectivity index (χ4v) is 3.28. The standard InChI is InChI=1S/C17H25N3O3/c1-22-15-9-13-3-6-19(11-14(13)10-16(15)23-2)12-17(21)20-7-4-18-5-8-20/h9-10,18H,3-8,11-12H2,1-2H3. The van der Waals surface area contributed by atoms with Gasteiger partial charge in [-0.15, -0.1) is 0 Å². The summed E-state index contributed by atoms with van der Waals surface area (Å²) in [6.45, 7) is 5.60. The maximum atomic E-state index is 12.4. The molecule has 1 amide bonds. The molecular formula is C17H25N3O3. The summed E-state index contributed by atoms with van der Waals surface area (Å²) in [5, 5.41) is 3.28. The predicted molar refractivity (Wildman–Crippen MR) is 88.0 cm³/mol. The second-order valence-corrected chi connectivity index (χ2v) is 6.07. The number of nitrogens with zero attached hydrogens (tertiary/aromatic N) is 2. The molecule has 0 bridgehead atoms. The lowest BCUT2D eigenvalue weighted by molar-refractivity contribution is -0.133. The molecule has 23 heavy (non-hydrogen) atoms. The average Bonchev–Trinajstić information content (AvgIpc) is 2.61. The van der Waals surface area contributed by atoms with Crippen LogP contribution in [0.1, 0.15) is 11.1 Å². The van der Waals surface area contributed by atoms with Crippen LogP contribution >= 0.6 is 0 Å². The van der Waals surface area contributed by atoms with Crippen LogP contribution < -0.4 is 14.8 Å². The Balaban J connectivity index is 1.66. The second-order valence-electron chi connectivity index (χ2n) is 6.07. The van der Waals surface area contributed by atoms with Crippen molar-refractivity contribution in [1.29, 1.82) is 0 Å². The van der Waals surface area contributed by atoms with Crippen molar-refractivity contribution in [3.63, 3.8) is 0 Å². The molecule has 6 heteroatoms. The number of carbonyl (C=O) groups is 1. The predicted octanol–water partition coefficient (Wildman–Crippen LogP) is 0.494. The van der Waals surface area contributed by atoms with Crippen molar-refractivity contribution in [3.05, 3.63) is 23.3 Å². The third-order valence-corrected chi connectivity index (χ3v) is 4.63. The van der Waals surface area contributed by atoms with Gasteiger partial charge in [0.05, 0.1) is 20.8 Å². The van der Waals surface area contributed by atoms with Crippen molar-refractivity contribution >= 4 is 5.91 Å². The molecule has 1 saturated heterocycles. The molecule has 0 atom stereocenters. The van der Waals surface area contributed by atoms with E-state index in [-0.39, 0.29) is 5.91 Å². The van der Waals surface area contributed by atoms with E-state index in [2.05, 4.69) is 16.3 Å². The van der Waals surface area contributed by atoms with Crippen molar-refractivity contribution in [2.75, 3.05) is 53.5 Å². The number of hydrogen-bond donors (Lipinski definition) is 1. The average molecular weight is 319 g/mol. The summed E-state index contributed by atoms with van der Waals surface area (Å²) >= 11 is 0. The van der Waals surface area contributed by atoms with Crippen LogP contribution in [0.4, 0.5) is 0 Å². The Morgan fingerprint density at radius 2 is 1.74 bits per heavy atom. The van der Waals surface area contributed by atoms with Gasteiger partial charge in [-0.25, -0.2) is 0 Å². The highest BCUT2D eigenvalue weighted by atomic mass is 16.5. The molecular weight excluding hydrogens is 294 g/mol. The van der Waals surface area contributed by atoms with Crippen LogP contribution in [-0.2, 0) is 17.8 Å². The zero-order valence-electron chi connectivity index (χ0n) is 13.9. The van der Waals surface area contributed by atoms with Gasteiger partial charge in [0.25, 0.3) is 0 Å². The van der Waals surface area contributed by atoms with Crippen molar-refractivity contribution in [1.82, 2.24) is 15.1 Å². The number of hydrogen-bond acceptors (Lipinski definition) is 5. The Morgan fingerprint density at radius 1 is 1.09 bits per heavy atom. The number of benzene rings is 1. The Bertz CT molecular complexity index is 570. The first-order valence-corrected chi connectivity index (χ1v) is 8.16. The zero-order chi connectivity index (χ0) is 16.2. The minimum Gasteiger partial charge on any atom is -0.493 e. The van der Waals surface area contributed by atoms with E-state index in [1.54, 1.807) is 14.2 Å². The first-order chi connectivity index (χ1) is 11.2. The molecule has 3 rings (SSSR count). The Kier molecular flexibility index (Phi) is 5.03. The minimum absolute atomic E-state index is 0.232. The van der Waals surface area contributed by atoms with Crippen LogP contribution in [-0.4, -0.2) is 69.2 Å². The van der Waals surface area contributed by atoms with Crippen LogP contribution in [0.15, 0.2) is 12.1 Å². The number of ether oxygens (including phenoxy) is 2. The van der Waals surface area contributed by atoms with Gasteiger partial charge in [-0.2, -0.15) is 0 Å². The maximum absolute atomic E-state index is 12.4. The van der Waals surface area contributed by atoms with E-state index >= 15 is 0 Å². The number of methoxy groups -OCH3 is 2. The summed E-state index contributed by atoms with van der Waals surface area (Å²) in [6.07, 6.45) is 0.935. The SMILES string of the molecule is COc1cc2c(cc1OC)CN(CC(=O)N1CCNCC1)CC2. The van der Waals surface area contributed by atoms with Gasteiger partial charge in [0, 0.05) is 39.3 Å². The maximum Gasteiger partial charge on any atom is 0.236 e. The van der Waals surface area contributed by atoms with E-state index in [0.29, 0.717) is 6.54 Å². The van der Waals surface area contributed by atoms with Gasteiger partial charge in [0.1, 0.15) is 0 Å². The number of piperazine rings is 1. The first-order valence-electron chi connectivity index (χ1n) is 8.16. The van der Waals surface area contributed by atoms with E-state index in [1.807, 2.05) is 11.0 Å². The van der Waals surface area contributed by atoms with E-state index < -0.39 is 0 Å². The van der Waals surface area contributed by atoms with Gasteiger partial charge in [-0.05, 0) is 29.7 Å². The largest absolute Gasteiger partial charge is 0.493 e. The zero-order valence-corrected chi connectivity index (χ0v) is 13.9. The van der Waals surface area contributed by atoms with Crippen LogP contribution in [0.5, 0.6) is 11.5 Å². The summed E-state index contributed by atoms with van der Waals surface area (Å²) in [5.74, 6) is 1.76. The van der Waals surface area contributed by atoms with E-state index in [1.165, 1.54) is 11.1 Å². The molecule has 0 spiro atoms. The van der Waals surface area contributed by atoms with Crippen LogP contribution in [0.3, 0.4) is 0 Å². The number of amides is 1. The Morgan fingerprint density at radius 3 is 2.39 bits per heavy atom. The van der Waals surface area contributed by atoms with Gasteiger partial charge in [0.15, 0.2) is 11.5 Å². The summed E-state index contributed by atoms with van der Waals surface area (Å²) in [7, 11) is 3.31. The van der Waals surface area contributed by atoms with Crippen LogP contribution in [0.25, 0.3) is 0 Å². The molecule has 2 aliphatic heterocycles. The van der Waals surface area contributed by atoms with Crippen LogP contribution in [0, 0.1) is 0 Å². The molecule has 6 nitrogen and oxygen atoms in total. The molecule has 0 aliphatic carbocycles. The number of fused-ring (bicyclic) bond motifs is 1. The number of nitrogens with one attached hydrogen (secondary N) is 1. The molecule has 0 unspecified atom stereocenters. The molecule has 2 heterocycles. The molecule has 1 aromatic carbocycles. The molecule has 0 aromatic heterocycles. The van der Waals surface area contributed by atoms with Crippen molar-refractivity contribution < 1.29 is 14.3 Å². The molecule has 1 aromatic rings. The minimum atomic E-state index is 0.232. The van der Waals surface area contributed by atoms with Crippen LogP contribution in [0.2, 0.25) is 0 Å². The number of carbonyl (C=O) groups excluding carboxylic acids is 1. The van der Waals surface area contributed by atoms with Gasteiger partial charge in [0.2, 0.25) is 5.91 Å². The highest BCUT2D eigenvalue weighted by Gasteiger charge is 2.23. The first kappa shape index (κ1) is 16.1. The molecule has 1 fully saturated rings. The van der Waals surface area contributed by atoms with E-state index in [4.69, 9.17) is 9.47 Å². The molecule has 0 saturated carbocycles. The van der Waals surface area contributed by atoms with Gasteiger partial charge < -0.3 is 19.7 Å². The van der Waals surface area contributed by atoms with E-state index in [9.17, 15) is 4.79 Å². The fourth-order valence-electron chi connectivity index (χ4n) is 3.28. The normalized spacial score (nSPS) is 18.4. The fraction of sp³-hybridized carbons (Fsp3) is 0.588. The monoisotopic (exact) mass is 319 g/mol. The lowest BCUT2D eigenvalue weighted by Crippen LogP contribution is -2.50. The van der Waals surface area contributed by atoms with Gasteiger partial charge in [-0.3, -0.25) is 9.69 Å². The second kappa shape index (κ2) is 7.19. The highest BCUT2D eigenvalue weighted by molar-refractivity contribution is 5.78. The lowest BCUT2D eigenvalue weighted by atomic mass is 9.99. The molecule has 0 radical (unpaired) electrons. The summed E-state index contributed by atoms with van der Waals surface area (Å²) in [6, 6.07) is 4.10. The summed E-state index contributed by atoms with van der Waals surface area (Å²) in [5.41, 5.74) is 2.51. The van der Waals surface area contributed by atoms with Crippen molar-refractivity contribution in [2.45, 2.75) is 13.0 Å². The Hall–Kier alpha value is -1.79. The number of rotatable bonds is 4. The third kappa shape index (κ3) is 3.59. The highest BCUT2D eigenvalue weighted by Crippen LogP contribution is 2.33. The molecule has 126 valence electrons. The van der Waals surface area contributed by atoms with E-state index in [0.717, 1.165) is 57.2 Å². The summed E-state index contributed by atoms with van der Waals surface area (Å²) < 4.78 is 10.8. The smallest absolute Gasteiger partial charge is 0.236 e. The molecule has 1 N–H and O–H groups in total. The Labute approximate surface area is 137 Å². The quantitative estimate of drug-likeness (QED) is 0.876. The third-order valence-electron chi connectivity index (χ3n) is 4.63. The van der Waals surface area contributed by atoms with Gasteiger partial charge in [-0.1, -0.05) is 0 Å². The molecule has 2 aliphatic rings. The topological polar surface area (TPSA) is 54.0 Å². The van der Waals surface area contributed by atoms with Crippen molar-refractivity contribution in [3.8, 4) is 11.5 Å².